The summed E-state index contributed by atoms with van der Waals surface area (Å²) in [4.78, 5) is 33.3. The molecule has 4 aromatic carbocycles. The van der Waals surface area contributed by atoms with Crippen molar-refractivity contribution in [3.05, 3.63) is 144 Å². The predicted octanol–water partition coefficient (Wildman–Crippen LogP) is 8.71. The molecule has 248 valence electrons. The van der Waals surface area contributed by atoms with Crippen LogP contribution in [-0.4, -0.2) is 22.2 Å². The molecule has 1 unspecified atom stereocenters. The van der Waals surface area contributed by atoms with Crippen molar-refractivity contribution in [3.63, 3.8) is 0 Å². The summed E-state index contributed by atoms with van der Waals surface area (Å²) < 4.78 is 22.6. The number of rotatable bonds is 12. The van der Waals surface area contributed by atoms with E-state index in [-0.39, 0.29) is 25.7 Å². The Bertz CT molecular complexity index is 1950. The summed E-state index contributed by atoms with van der Waals surface area (Å²) in [5.74, 6) is 2.00. The highest BCUT2D eigenvalue weighted by Crippen LogP contribution is 2.30. The molecule has 0 aliphatic heterocycles. The molecule has 10 nitrogen and oxygen atoms in total. The van der Waals surface area contributed by atoms with Gasteiger partial charge in [0.1, 0.15) is 19.3 Å². The Kier molecular flexibility index (Phi) is 10.4. The van der Waals surface area contributed by atoms with E-state index in [1.807, 2.05) is 123 Å². The molecule has 2 amide bonds. The van der Waals surface area contributed by atoms with E-state index >= 15 is 0 Å². The standard InChI is InChI=1S/C39H36N4O6/c1-26(2)36(43-39(45)47-25-28-11-7-4-8-12-28)37-41-22-34(49-37)32-19-15-30(16-20-32)29-13-17-31(18-14-29)33-21-40-35(48-33)23-42-38(44)46-24-27-9-5-3-6-10-27/h3-22,26,36H,23-25H2,1-2H3,(H,42,44)(H,43,45). The van der Waals surface area contributed by atoms with E-state index in [2.05, 4.69) is 20.6 Å². The number of carbonyl (C=O) groups excluding carboxylic acids is 2. The lowest BCUT2D eigenvalue weighted by Gasteiger charge is -2.19. The molecule has 10 heteroatoms. The predicted molar refractivity (Wildman–Crippen MR) is 184 cm³/mol. The number of aromatic nitrogens is 2. The number of nitrogens with zero attached hydrogens (tertiary/aromatic N) is 2. The lowest BCUT2D eigenvalue weighted by atomic mass is 10.0. The number of benzene rings is 4. The van der Waals surface area contributed by atoms with Gasteiger partial charge in [0, 0.05) is 11.1 Å². The number of amides is 2. The lowest BCUT2D eigenvalue weighted by Crippen LogP contribution is -2.32. The Morgan fingerprint density at radius 1 is 0.633 bits per heavy atom. The molecular formula is C39H36N4O6. The zero-order chi connectivity index (χ0) is 34.0. The molecule has 0 fully saturated rings. The van der Waals surface area contributed by atoms with Crippen LogP contribution in [0.4, 0.5) is 9.59 Å². The van der Waals surface area contributed by atoms with Gasteiger partial charge in [0.05, 0.1) is 18.9 Å². The van der Waals surface area contributed by atoms with Gasteiger partial charge in [-0.3, -0.25) is 0 Å². The third kappa shape index (κ3) is 8.81. The van der Waals surface area contributed by atoms with E-state index < -0.39 is 18.2 Å². The Morgan fingerprint density at radius 2 is 1.12 bits per heavy atom. The molecule has 0 aliphatic carbocycles. The average molecular weight is 657 g/mol. The quantitative estimate of drug-likeness (QED) is 0.134. The minimum Gasteiger partial charge on any atom is -0.445 e. The summed E-state index contributed by atoms with van der Waals surface area (Å²) >= 11 is 0. The first kappa shape index (κ1) is 32.8. The first-order valence-corrected chi connectivity index (χ1v) is 15.9. The van der Waals surface area contributed by atoms with Crippen LogP contribution in [0.2, 0.25) is 0 Å². The number of alkyl carbamates (subject to hydrolysis) is 2. The van der Waals surface area contributed by atoms with Crippen molar-refractivity contribution >= 4 is 12.2 Å². The number of nitrogens with one attached hydrogen (secondary N) is 2. The zero-order valence-corrected chi connectivity index (χ0v) is 27.2. The normalized spacial score (nSPS) is 11.6. The third-order valence-corrected chi connectivity index (χ3v) is 7.76. The number of hydrogen-bond donors (Lipinski definition) is 2. The number of ether oxygens (including phenoxy) is 2. The molecule has 0 saturated carbocycles. The molecule has 0 saturated heterocycles. The monoisotopic (exact) mass is 656 g/mol. The largest absolute Gasteiger partial charge is 0.445 e. The van der Waals surface area contributed by atoms with E-state index in [9.17, 15) is 9.59 Å². The van der Waals surface area contributed by atoms with Gasteiger partial charge in [-0.15, -0.1) is 0 Å². The Morgan fingerprint density at radius 3 is 1.67 bits per heavy atom. The van der Waals surface area contributed by atoms with Crippen LogP contribution in [0.15, 0.2) is 130 Å². The fourth-order valence-electron chi connectivity index (χ4n) is 5.07. The van der Waals surface area contributed by atoms with Crippen molar-refractivity contribution in [1.29, 1.82) is 0 Å². The second-order valence-electron chi connectivity index (χ2n) is 11.7. The second kappa shape index (κ2) is 15.6. The van der Waals surface area contributed by atoms with Crippen molar-refractivity contribution in [3.8, 4) is 33.8 Å². The smallest absolute Gasteiger partial charge is 0.408 e. The van der Waals surface area contributed by atoms with Gasteiger partial charge < -0.3 is 28.9 Å². The fraction of sp³-hybridized carbons (Fsp3) is 0.179. The Hall–Kier alpha value is -6.16. The number of carbonyl (C=O) groups is 2. The minimum absolute atomic E-state index is 0.0234. The van der Waals surface area contributed by atoms with Gasteiger partial charge in [-0.2, -0.15) is 0 Å². The number of oxazole rings is 2. The highest BCUT2D eigenvalue weighted by molar-refractivity contribution is 5.71. The molecule has 0 radical (unpaired) electrons. The molecule has 2 heterocycles. The summed E-state index contributed by atoms with van der Waals surface area (Å²) in [5, 5.41) is 5.55. The van der Waals surface area contributed by atoms with E-state index in [1.54, 1.807) is 12.4 Å². The van der Waals surface area contributed by atoms with Crippen molar-refractivity contribution in [2.75, 3.05) is 0 Å². The van der Waals surface area contributed by atoms with E-state index in [4.69, 9.17) is 18.3 Å². The van der Waals surface area contributed by atoms with E-state index in [0.29, 0.717) is 23.3 Å². The van der Waals surface area contributed by atoms with Gasteiger partial charge in [-0.25, -0.2) is 19.6 Å². The number of hydrogen-bond acceptors (Lipinski definition) is 8. The van der Waals surface area contributed by atoms with Crippen molar-refractivity contribution in [1.82, 2.24) is 20.6 Å². The highest BCUT2D eigenvalue weighted by atomic mass is 16.6. The molecule has 0 aliphatic rings. The van der Waals surface area contributed by atoms with Crippen molar-refractivity contribution < 1.29 is 27.9 Å². The molecule has 6 aromatic rings. The summed E-state index contributed by atoms with van der Waals surface area (Å²) in [6.45, 7) is 4.44. The molecule has 2 N–H and O–H groups in total. The molecular weight excluding hydrogens is 620 g/mol. The summed E-state index contributed by atoms with van der Waals surface area (Å²) in [6, 6.07) is 34.4. The van der Waals surface area contributed by atoms with Gasteiger partial charge in [0.15, 0.2) is 11.5 Å². The van der Waals surface area contributed by atoms with Crippen molar-refractivity contribution in [2.45, 2.75) is 39.6 Å². The van der Waals surface area contributed by atoms with Crippen molar-refractivity contribution in [2.24, 2.45) is 5.92 Å². The van der Waals surface area contributed by atoms with Crippen LogP contribution in [0.25, 0.3) is 33.8 Å². The summed E-state index contributed by atoms with van der Waals surface area (Å²) in [5.41, 5.74) is 5.58. The fourth-order valence-corrected chi connectivity index (χ4v) is 5.07. The molecule has 0 spiro atoms. The molecule has 1 atom stereocenters. The second-order valence-corrected chi connectivity index (χ2v) is 11.7. The minimum atomic E-state index is -0.545. The zero-order valence-electron chi connectivity index (χ0n) is 27.2. The van der Waals surface area contributed by atoms with Crippen LogP contribution in [0.3, 0.4) is 0 Å². The maximum atomic E-state index is 12.5. The first-order valence-electron chi connectivity index (χ1n) is 15.9. The Labute approximate surface area is 284 Å². The maximum absolute atomic E-state index is 12.5. The van der Waals surface area contributed by atoms with E-state index in [0.717, 1.165) is 33.4 Å². The van der Waals surface area contributed by atoms with E-state index in [1.165, 1.54) is 0 Å². The average Bonchev–Trinajstić information content (AvgIpc) is 3.83. The van der Waals surface area contributed by atoms with Gasteiger partial charge >= 0.3 is 12.2 Å². The molecule has 49 heavy (non-hydrogen) atoms. The van der Waals surface area contributed by atoms with Gasteiger partial charge in [-0.1, -0.05) is 123 Å². The van der Waals surface area contributed by atoms with Crippen LogP contribution >= 0.6 is 0 Å². The van der Waals surface area contributed by atoms with Crippen LogP contribution in [0, 0.1) is 5.92 Å². The topological polar surface area (TPSA) is 129 Å². The van der Waals surface area contributed by atoms with Crippen LogP contribution in [0.1, 0.15) is 42.8 Å². The lowest BCUT2D eigenvalue weighted by molar-refractivity contribution is 0.130. The first-order chi connectivity index (χ1) is 23.9. The van der Waals surface area contributed by atoms with Gasteiger partial charge in [-0.05, 0) is 28.2 Å². The van der Waals surface area contributed by atoms with Crippen LogP contribution in [0.5, 0.6) is 0 Å². The summed E-state index contributed by atoms with van der Waals surface area (Å²) in [7, 11) is 0. The van der Waals surface area contributed by atoms with Gasteiger partial charge in [0.2, 0.25) is 11.8 Å². The SMILES string of the molecule is CC(C)C(NC(=O)OCc1ccccc1)c1ncc(-c2ccc(-c3ccc(-c4cnc(CNC(=O)OCc5ccccc5)o4)cc3)cc2)o1. The Balaban J connectivity index is 1.02. The molecule has 6 rings (SSSR count). The molecule has 0 bridgehead atoms. The maximum Gasteiger partial charge on any atom is 0.408 e. The molecule has 2 aromatic heterocycles. The summed E-state index contributed by atoms with van der Waals surface area (Å²) in [6.07, 6.45) is 2.22. The highest BCUT2D eigenvalue weighted by Gasteiger charge is 2.24. The van der Waals surface area contributed by atoms with Gasteiger partial charge in [0.25, 0.3) is 0 Å². The van der Waals surface area contributed by atoms with Crippen LogP contribution < -0.4 is 10.6 Å². The third-order valence-electron chi connectivity index (χ3n) is 7.76. The van der Waals surface area contributed by atoms with Crippen LogP contribution in [-0.2, 0) is 29.2 Å².